The average Bonchev–Trinajstić information content (AvgIpc) is 3.10. The summed E-state index contributed by atoms with van der Waals surface area (Å²) in [4.78, 5) is 23.6. The molecule has 1 aliphatic rings. The number of anilines is 2. The molecule has 0 unspecified atom stereocenters. The van der Waals surface area contributed by atoms with E-state index in [1.807, 2.05) is 36.5 Å². The molecule has 144 valence electrons. The van der Waals surface area contributed by atoms with Crippen molar-refractivity contribution in [2.24, 2.45) is 0 Å². The van der Waals surface area contributed by atoms with E-state index in [9.17, 15) is 9.59 Å². The second-order valence-electron chi connectivity index (χ2n) is 6.63. The van der Waals surface area contributed by atoms with E-state index in [0.29, 0.717) is 23.6 Å². The SMILES string of the molecule is CC#CC(=O)Nc1cccc(-n2cc(-c3ccc4c(c3)CCNC4=O)c(N)n2)c1. The van der Waals surface area contributed by atoms with E-state index in [2.05, 4.69) is 27.6 Å². The number of benzene rings is 2. The first kappa shape index (κ1) is 18.3. The Morgan fingerprint density at radius 2 is 2.10 bits per heavy atom. The Morgan fingerprint density at radius 1 is 1.24 bits per heavy atom. The summed E-state index contributed by atoms with van der Waals surface area (Å²) in [5.74, 6) is 4.98. The molecule has 0 radical (unpaired) electrons. The fourth-order valence-electron chi connectivity index (χ4n) is 3.34. The number of aromatic nitrogens is 2. The molecular weight excluding hydrogens is 366 g/mol. The van der Waals surface area contributed by atoms with Crippen molar-refractivity contribution in [3.05, 3.63) is 59.8 Å². The van der Waals surface area contributed by atoms with E-state index in [1.165, 1.54) is 0 Å². The van der Waals surface area contributed by atoms with Crippen molar-refractivity contribution in [1.82, 2.24) is 15.1 Å². The molecule has 0 spiro atoms. The van der Waals surface area contributed by atoms with Crippen LogP contribution in [0.4, 0.5) is 11.5 Å². The quantitative estimate of drug-likeness (QED) is 0.603. The van der Waals surface area contributed by atoms with Gasteiger partial charge in [-0.1, -0.05) is 24.1 Å². The maximum Gasteiger partial charge on any atom is 0.300 e. The van der Waals surface area contributed by atoms with Gasteiger partial charge in [-0.05, 0) is 54.7 Å². The van der Waals surface area contributed by atoms with Gasteiger partial charge in [0.2, 0.25) is 0 Å². The smallest absolute Gasteiger partial charge is 0.300 e. The van der Waals surface area contributed by atoms with Crippen molar-refractivity contribution < 1.29 is 9.59 Å². The largest absolute Gasteiger partial charge is 0.382 e. The van der Waals surface area contributed by atoms with Crippen molar-refractivity contribution in [2.45, 2.75) is 13.3 Å². The molecule has 0 saturated heterocycles. The second-order valence-corrected chi connectivity index (χ2v) is 6.63. The molecule has 0 saturated carbocycles. The number of rotatable bonds is 3. The number of hydrogen-bond donors (Lipinski definition) is 3. The highest BCUT2D eigenvalue weighted by Crippen LogP contribution is 2.29. The van der Waals surface area contributed by atoms with E-state index in [4.69, 9.17) is 5.73 Å². The standard InChI is InChI=1S/C22H19N5O2/c1-2-4-20(28)25-16-5-3-6-17(12-16)27-13-19(21(23)26-27)14-7-8-18-15(11-14)9-10-24-22(18)29/h3,5-8,11-13H,9-10H2,1H3,(H2,23,26)(H,24,29)(H,25,28). The third-order valence-electron chi connectivity index (χ3n) is 4.69. The van der Waals surface area contributed by atoms with Crippen LogP contribution >= 0.6 is 0 Å². The molecule has 4 rings (SSSR count). The van der Waals surface area contributed by atoms with Crippen LogP contribution < -0.4 is 16.4 Å². The van der Waals surface area contributed by atoms with Gasteiger partial charge < -0.3 is 16.4 Å². The molecule has 29 heavy (non-hydrogen) atoms. The van der Waals surface area contributed by atoms with Gasteiger partial charge in [0, 0.05) is 29.6 Å². The van der Waals surface area contributed by atoms with Crippen LogP contribution in [0, 0.1) is 11.8 Å². The van der Waals surface area contributed by atoms with Gasteiger partial charge in [0.1, 0.15) is 0 Å². The lowest BCUT2D eigenvalue weighted by Crippen LogP contribution is -2.31. The summed E-state index contributed by atoms with van der Waals surface area (Å²) in [7, 11) is 0. The Morgan fingerprint density at radius 3 is 2.93 bits per heavy atom. The Labute approximate surface area is 167 Å². The number of nitrogens with zero attached hydrogens (tertiary/aromatic N) is 2. The number of nitrogens with two attached hydrogens (primary N) is 1. The number of hydrogen-bond acceptors (Lipinski definition) is 4. The normalized spacial score (nSPS) is 12.4. The van der Waals surface area contributed by atoms with Gasteiger partial charge in [0.05, 0.1) is 5.69 Å². The lowest BCUT2D eigenvalue weighted by Gasteiger charge is -2.17. The van der Waals surface area contributed by atoms with Crippen LogP contribution in [0.3, 0.4) is 0 Å². The lowest BCUT2D eigenvalue weighted by molar-refractivity contribution is -0.111. The number of amides is 2. The van der Waals surface area contributed by atoms with Crippen molar-refractivity contribution in [3.63, 3.8) is 0 Å². The predicted molar refractivity (Wildman–Crippen MR) is 112 cm³/mol. The Hall–Kier alpha value is -4.05. The van der Waals surface area contributed by atoms with Gasteiger partial charge >= 0.3 is 0 Å². The summed E-state index contributed by atoms with van der Waals surface area (Å²) in [6.45, 7) is 2.24. The zero-order valence-corrected chi connectivity index (χ0v) is 15.8. The average molecular weight is 385 g/mol. The fraction of sp³-hybridized carbons (Fsp3) is 0.136. The highest BCUT2D eigenvalue weighted by atomic mass is 16.2. The van der Waals surface area contributed by atoms with Crippen LogP contribution in [-0.2, 0) is 11.2 Å². The summed E-state index contributed by atoms with van der Waals surface area (Å²) in [5.41, 5.74) is 10.9. The number of nitrogens with one attached hydrogen (secondary N) is 2. The maximum atomic E-state index is 11.9. The van der Waals surface area contributed by atoms with Crippen LogP contribution in [0.5, 0.6) is 0 Å². The molecule has 0 aliphatic carbocycles. The minimum absolute atomic E-state index is 0.0481. The van der Waals surface area contributed by atoms with Crippen LogP contribution in [0.1, 0.15) is 22.8 Å². The zero-order chi connectivity index (χ0) is 20.4. The second kappa shape index (κ2) is 7.52. The van der Waals surface area contributed by atoms with Gasteiger partial charge in [-0.3, -0.25) is 9.59 Å². The molecule has 1 aromatic heterocycles. The van der Waals surface area contributed by atoms with Gasteiger partial charge in [-0.15, -0.1) is 0 Å². The van der Waals surface area contributed by atoms with E-state index in [0.717, 1.165) is 28.8 Å². The Kier molecular flexibility index (Phi) is 4.75. The first-order valence-corrected chi connectivity index (χ1v) is 9.16. The number of nitrogen functional groups attached to an aromatic ring is 1. The third kappa shape index (κ3) is 3.69. The summed E-state index contributed by atoms with van der Waals surface area (Å²) < 4.78 is 1.66. The summed E-state index contributed by atoms with van der Waals surface area (Å²) in [5, 5.41) is 9.98. The van der Waals surface area contributed by atoms with Gasteiger partial charge in [-0.2, -0.15) is 5.10 Å². The molecule has 4 N–H and O–H groups in total. The van der Waals surface area contributed by atoms with Crippen molar-refractivity contribution >= 4 is 23.3 Å². The highest BCUT2D eigenvalue weighted by Gasteiger charge is 2.18. The predicted octanol–water partition coefficient (Wildman–Crippen LogP) is 2.37. The summed E-state index contributed by atoms with van der Waals surface area (Å²) in [6.07, 6.45) is 2.62. The third-order valence-corrected chi connectivity index (χ3v) is 4.69. The van der Waals surface area contributed by atoms with Crippen molar-refractivity contribution in [1.29, 1.82) is 0 Å². The highest BCUT2D eigenvalue weighted by molar-refractivity contribution is 6.04. The molecule has 7 nitrogen and oxygen atoms in total. The Balaban J connectivity index is 1.66. The monoisotopic (exact) mass is 385 g/mol. The van der Waals surface area contributed by atoms with E-state index in [1.54, 1.807) is 23.7 Å². The topological polar surface area (TPSA) is 102 Å². The van der Waals surface area contributed by atoms with Crippen molar-refractivity contribution in [3.8, 4) is 28.7 Å². The first-order valence-electron chi connectivity index (χ1n) is 9.16. The first-order chi connectivity index (χ1) is 14.0. The molecular formula is C22H19N5O2. The lowest BCUT2D eigenvalue weighted by atomic mass is 9.96. The van der Waals surface area contributed by atoms with Crippen LogP contribution in [0.2, 0.25) is 0 Å². The van der Waals surface area contributed by atoms with Crippen LogP contribution in [0.15, 0.2) is 48.7 Å². The summed E-state index contributed by atoms with van der Waals surface area (Å²) >= 11 is 0. The molecule has 2 heterocycles. The summed E-state index contributed by atoms with van der Waals surface area (Å²) in [6, 6.07) is 13.0. The van der Waals surface area contributed by atoms with Crippen LogP contribution in [0.25, 0.3) is 16.8 Å². The molecule has 2 amide bonds. The van der Waals surface area contributed by atoms with E-state index < -0.39 is 0 Å². The minimum atomic E-state index is -0.372. The Bertz CT molecular complexity index is 1180. The molecule has 0 fully saturated rings. The zero-order valence-electron chi connectivity index (χ0n) is 15.8. The number of carbonyl (C=O) groups excluding carboxylic acids is 2. The molecule has 2 aromatic carbocycles. The number of carbonyl (C=O) groups is 2. The van der Waals surface area contributed by atoms with Gasteiger partial charge in [0.15, 0.2) is 5.82 Å². The number of fused-ring (bicyclic) bond motifs is 1. The van der Waals surface area contributed by atoms with E-state index in [-0.39, 0.29) is 11.8 Å². The molecule has 3 aromatic rings. The van der Waals surface area contributed by atoms with Crippen LogP contribution in [-0.4, -0.2) is 28.1 Å². The molecule has 7 heteroatoms. The minimum Gasteiger partial charge on any atom is -0.382 e. The van der Waals surface area contributed by atoms with Gasteiger partial charge in [-0.25, -0.2) is 4.68 Å². The van der Waals surface area contributed by atoms with E-state index >= 15 is 0 Å². The molecule has 0 bridgehead atoms. The van der Waals surface area contributed by atoms with Crippen molar-refractivity contribution in [2.75, 3.05) is 17.6 Å². The molecule has 1 aliphatic heterocycles. The molecule has 0 atom stereocenters. The fourth-order valence-corrected chi connectivity index (χ4v) is 3.34. The maximum absolute atomic E-state index is 11.9. The van der Waals surface area contributed by atoms with Gasteiger partial charge in [0.25, 0.3) is 11.8 Å².